The summed E-state index contributed by atoms with van der Waals surface area (Å²) in [5, 5.41) is 7.16. The number of nitrogens with zero attached hydrogens (tertiary/aromatic N) is 4. The summed E-state index contributed by atoms with van der Waals surface area (Å²) in [6, 6.07) is 17.6. The molecule has 9 heteroatoms. The maximum atomic E-state index is 12.6. The second-order valence-corrected chi connectivity index (χ2v) is 9.78. The van der Waals surface area contributed by atoms with Gasteiger partial charge in [-0.2, -0.15) is 0 Å². The van der Waals surface area contributed by atoms with Crippen LogP contribution in [0.1, 0.15) is 18.4 Å². The quantitative estimate of drug-likeness (QED) is 0.228. The molecule has 1 aliphatic rings. The van der Waals surface area contributed by atoms with Crippen LogP contribution in [0.25, 0.3) is 21.9 Å². The topological polar surface area (TPSA) is 108 Å². The lowest BCUT2D eigenvalue weighted by Crippen LogP contribution is -2.23. The van der Waals surface area contributed by atoms with Gasteiger partial charge in [-0.3, -0.25) is 9.69 Å². The van der Waals surface area contributed by atoms with Crippen molar-refractivity contribution >= 4 is 45.0 Å². The third kappa shape index (κ3) is 5.44. The van der Waals surface area contributed by atoms with Crippen LogP contribution in [-0.4, -0.2) is 50.4 Å². The largest absolute Gasteiger partial charge is 0.457 e. The van der Waals surface area contributed by atoms with Crippen LogP contribution in [0, 0.1) is 6.92 Å². The Morgan fingerprint density at radius 2 is 1.92 bits per heavy atom. The lowest BCUT2D eigenvalue weighted by Gasteiger charge is -2.14. The van der Waals surface area contributed by atoms with Crippen molar-refractivity contribution in [1.29, 1.82) is 0 Å². The summed E-state index contributed by atoms with van der Waals surface area (Å²) in [7, 11) is 2.08. The summed E-state index contributed by atoms with van der Waals surface area (Å²) in [6.45, 7) is 3.06. The Balaban J connectivity index is 1.18. The number of hydrogen-bond donors (Lipinski definition) is 3. The summed E-state index contributed by atoms with van der Waals surface area (Å²) >= 11 is 0. The van der Waals surface area contributed by atoms with Crippen LogP contribution in [0.4, 0.5) is 17.2 Å². The lowest BCUT2D eigenvalue weighted by molar-refractivity contribution is -0.111. The number of aromatic amines is 1. The van der Waals surface area contributed by atoms with Gasteiger partial charge in [-0.1, -0.05) is 6.08 Å². The van der Waals surface area contributed by atoms with E-state index >= 15 is 0 Å². The van der Waals surface area contributed by atoms with Gasteiger partial charge < -0.3 is 20.4 Å². The maximum Gasteiger partial charge on any atom is 0.248 e. The number of aromatic nitrogens is 4. The summed E-state index contributed by atoms with van der Waals surface area (Å²) in [6.07, 6.45) is 9.03. The van der Waals surface area contributed by atoms with Crippen LogP contribution in [-0.2, 0) is 4.79 Å². The standard InChI is InChI=1S/C30H29N7O2/c1-19-14-20(6-11-28(19)39-23-8-10-26-27(16-23)33-17-32-26)36-30-24-15-21(5-9-25(24)31-18-34-30)35-29(38)12-7-22-4-3-13-37(22)2/h5-12,14-18,22H,3-4,13H2,1-2H3,(H,32,33)(H,35,38)(H,31,34,36)/b12-7+/t22-/m1/s1. The molecule has 0 spiro atoms. The van der Waals surface area contributed by atoms with Crippen LogP contribution < -0.4 is 15.4 Å². The molecule has 3 heterocycles. The number of H-pyrrole nitrogens is 1. The van der Waals surface area contributed by atoms with Gasteiger partial charge in [0, 0.05) is 34.9 Å². The molecule has 3 aromatic carbocycles. The van der Waals surface area contributed by atoms with Gasteiger partial charge in [0.1, 0.15) is 23.6 Å². The van der Waals surface area contributed by atoms with Gasteiger partial charge in [-0.05, 0) is 87.5 Å². The first-order valence-electron chi connectivity index (χ1n) is 12.9. The molecular formula is C30H29N7O2. The Morgan fingerprint density at radius 1 is 1.05 bits per heavy atom. The molecule has 9 nitrogen and oxygen atoms in total. The first-order chi connectivity index (χ1) is 19.0. The third-order valence-corrected chi connectivity index (χ3v) is 7.01. The van der Waals surface area contributed by atoms with Gasteiger partial charge in [0.2, 0.25) is 5.91 Å². The fraction of sp³-hybridized carbons (Fsp3) is 0.200. The number of anilines is 3. The van der Waals surface area contributed by atoms with E-state index in [1.165, 1.54) is 6.33 Å². The van der Waals surface area contributed by atoms with Crippen molar-refractivity contribution in [3.05, 3.63) is 85.0 Å². The number of carbonyl (C=O) groups excluding carboxylic acids is 1. The Labute approximate surface area is 226 Å². The number of carbonyl (C=O) groups is 1. The van der Waals surface area contributed by atoms with E-state index < -0.39 is 0 Å². The number of benzene rings is 3. The maximum absolute atomic E-state index is 12.6. The monoisotopic (exact) mass is 519 g/mol. The molecule has 39 heavy (non-hydrogen) atoms. The van der Waals surface area contributed by atoms with Gasteiger partial charge >= 0.3 is 0 Å². The highest BCUT2D eigenvalue weighted by Gasteiger charge is 2.18. The van der Waals surface area contributed by atoms with E-state index in [-0.39, 0.29) is 5.91 Å². The minimum atomic E-state index is -0.154. The molecule has 1 saturated heterocycles. The van der Waals surface area contributed by atoms with Gasteiger partial charge in [0.25, 0.3) is 0 Å². The zero-order chi connectivity index (χ0) is 26.8. The number of fused-ring (bicyclic) bond motifs is 2. The zero-order valence-corrected chi connectivity index (χ0v) is 21.8. The molecule has 0 bridgehead atoms. The zero-order valence-electron chi connectivity index (χ0n) is 21.8. The summed E-state index contributed by atoms with van der Waals surface area (Å²) in [5.41, 5.74) is 5.11. The number of hydrogen-bond acceptors (Lipinski definition) is 7. The van der Waals surface area contributed by atoms with E-state index in [4.69, 9.17) is 4.74 Å². The molecule has 1 amide bonds. The molecule has 0 aliphatic carbocycles. The number of ether oxygens (including phenoxy) is 1. The molecule has 2 aromatic heterocycles. The van der Waals surface area contributed by atoms with Crippen molar-refractivity contribution in [2.24, 2.45) is 0 Å². The van der Waals surface area contributed by atoms with Crippen molar-refractivity contribution in [2.45, 2.75) is 25.8 Å². The Bertz CT molecular complexity index is 1690. The Hall–Kier alpha value is -4.76. The number of aryl methyl sites for hydroxylation is 1. The highest BCUT2D eigenvalue weighted by atomic mass is 16.5. The molecule has 1 aliphatic heterocycles. The second kappa shape index (κ2) is 10.5. The first-order valence-corrected chi connectivity index (χ1v) is 12.9. The van der Waals surface area contributed by atoms with E-state index in [0.29, 0.717) is 17.5 Å². The summed E-state index contributed by atoms with van der Waals surface area (Å²) in [5.74, 6) is 1.99. The normalized spacial score (nSPS) is 15.8. The number of amides is 1. The molecule has 5 aromatic rings. The highest BCUT2D eigenvalue weighted by Crippen LogP contribution is 2.31. The minimum absolute atomic E-state index is 0.154. The van der Waals surface area contributed by atoms with Crippen LogP contribution in [0.15, 0.2) is 79.4 Å². The summed E-state index contributed by atoms with van der Waals surface area (Å²) < 4.78 is 6.12. The predicted molar refractivity (Wildman–Crippen MR) is 154 cm³/mol. The van der Waals surface area contributed by atoms with E-state index in [1.807, 2.05) is 67.6 Å². The first kappa shape index (κ1) is 24.6. The van der Waals surface area contributed by atoms with Crippen LogP contribution in [0.3, 0.4) is 0 Å². The van der Waals surface area contributed by atoms with E-state index in [1.54, 1.807) is 12.4 Å². The molecule has 3 N–H and O–H groups in total. The van der Waals surface area contributed by atoms with Gasteiger partial charge in [0.15, 0.2) is 0 Å². The Morgan fingerprint density at radius 3 is 2.77 bits per heavy atom. The van der Waals surface area contributed by atoms with E-state index in [0.717, 1.165) is 64.1 Å². The fourth-order valence-corrected chi connectivity index (χ4v) is 4.88. The van der Waals surface area contributed by atoms with E-state index in [2.05, 4.69) is 42.5 Å². The molecule has 0 saturated carbocycles. The molecule has 1 fully saturated rings. The molecule has 0 radical (unpaired) electrons. The average molecular weight is 520 g/mol. The smallest absolute Gasteiger partial charge is 0.248 e. The van der Waals surface area contributed by atoms with Crippen molar-refractivity contribution in [2.75, 3.05) is 24.2 Å². The Kier molecular flexibility index (Phi) is 6.64. The van der Waals surface area contributed by atoms with Crippen molar-refractivity contribution in [3.63, 3.8) is 0 Å². The number of imidazole rings is 1. The van der Waals surface area contributed by atoms with Crippen molar-refractivity contribution in [1.82, 2.24) is 24.8 Å². The fourth-order valence-electron chi connectivity index (χ4n) is 4.88. The molecule has 6 rings (SSSR count). The van der Waals surface area contributed by atoms with Gasteiger partial charge in [0.05, 0.1) is 22.9 Å². The average Bonchev–Trinajstić information content (AvgIpc) is 3.57. The van der Waals surface area contributed by atoms with E-state index in [9.17, 15) is 4.79 Å². The molecular weight excluding hydrogens is 490 g/mol. The van der Waals surface area contributed by atoms with Crippen LogP contribution >= 0.6 is 0 Å². The molecule has 1 atom stereocenters. The second-order valence-electron chi connectivity index (χ2n) is 9.78. The molecule has 0 unspecified atom stereocenters. The highest BCUT2D eigenvalue weighted by molar-refractivity contribution is 6.02. The van der Waals surface area contributed by atoms with Crippen molar-refractivity contribution in [3.8, 4) is 11.5 Å². The predicted octanol–water partition coefficient (Wildman–Crippen LogP) is 5.94. The number of likely N-dealkylation sites (N-methyl/N-ethyl adjacent to an activating group) is 1. The summed E-state index contributed by atoms with van der Waals surface area (Å²) in [4.78, 5) is 31.0. The third-order valence-electron chi connectivity index (χ3n) is 7.01. The van der Waals surface area contributed by atoms with Crippen molar-refractivity contribution < 1.29 is 9.53 Å². The lowest BCUT2D eigenvalue weighted by atomic mass is 10.1. The minimum Gasteiger partial charge on any atom is -0.457 e. The number of likely N-dealkylation sites (tertiary alicyclic amines) is 1. The van der Waals surface area contributed by atoms with Gasteiger partial charge in [-0.25, -0.2) is 15.0 Å². The van der Waals surface area contributed by atoms with Crippen LogP contribution in [0.5, 0.6) is 11.5 Å². The van der Waals surface area contributed by atoms with Gasteiger partial charge in [-0.15, -0.1) is 0 Å². The number of nitrogens with one attached hydrogen (secondary N) is 3. The van der Waals surface area contributed by atoms with Crippen LogP contribution in [0.2, 0.25) is 0 Å². The SMILES string of the molecule is Cc1cc(Nc2ncnc3ccc(NC(=O)/C=C/[C@H]4CCCN4C)cc23)ccc1Oc1ccc2nc[nH]c2c1. The number of rotatable bonds is 7. The molecule has 196 valence electrons.